The molecule has 0 aliphatic carbocycles. The Hall–Kier alpha value is -0.120. The minimum Gasteiger partial charge on any atom is -0.395 e. The van der Waals surface area contributed by atoms with Gasteiger partial charge >= 0.3 is 0 Å². The van der Waals surface area contributed by atoms with Crippen LogP contribution in [0.4, 0.5) is 0 Å². The second-order valence-corrected chi connectivity index (χ2v) is 4.65. The second kappa shape index (κ2) is 8.04. The summed E-state index contributed by atoms with van der Waals surface area (Å²) in [5.41, 5.74) is 0. The van der Waals surface area contributed by atoms with Gasteiger partial charge in [-0.1, -0.05) is 13.8 Å². The molecule has 0 spiro atoms. The van der Waals surface area contributed by atoms with Crippen LogP contribution >= 0.6 is 0 Å². The molecule has 1 heterocycles. The van der Waals surface area contributed by atoms with Crippen molar-refractivity contribution in [1.29, 1.82) is 0 Å². The number of nitrogens with zero attached hydrogens (tertiary/aromatic N) is 1. The predicted octanol–water partition coefficient (Wildman–Crippen LogP) is 2.04. The van der Waals surface area contributed by atoms with Gasteiger partial charge in [0.05, 0.1) is 12.7 Å². The number of rotatable bonds is 8. The van der Waals surface area contributed by atoms with E-state index in [2.05, 4.69) is 18.7 Å². The van der Waals surface area contributed by atoms with E-state index in [1.165, 1.54) is 25.7 Å². The van der Waals surface area contributed by atoms with Gasteiger partial charge in [0.1, 0.15) is 0 Å². The van der Waals surface area contributed by atoms with E-state index in [0.717, 1.165) is 26.1 Å². The molecule has 16 heavy (non-hydrogen) atoms. The van der Waals surface area contributed by atoms with Crippen LogP contribution in [0.15, 0.2) is 0 Å². The van der Waals surface area contributed by atoms with Gasteiger partial charge in [0, 0.05) is 25.7 Å². The lowest BCUT2D eigenvalue weighted by Gasteiger charge is -2.30. The van der Waals surface area contributed by atoms with Crippen LogP contribution < -0.4 is 0 Å². The molecule has 1 saturated heterocycles. The van der Waals surface area contributed by atoms with E-state index in [-0.39, 0.29) is 6.61 Å². The molecule has 1 unspecified atom stereocenters. The smallest absolute Gasteiger partial charge is 0.0588 e. The summed E-state index contributed by atoms with van der Waals surface area (Å²) < 4.78 is 5.64. The average molecular weight is 229 g/mol. The monoisotopic (exact) mass is 229 g/mol. The first-order chi connectivity index (χ1) is 7.81. The molecule has 1 atom stereocenters. The summed E-state index contributed by atoms with van der Waals surface area (Å²) in [6.07, 6.45) is 6.36. The number of ether oxygens (including phenoxy) is 1. The van der Waals surface area contributed by atoms with Crippen molar-refractivity contribution in [3.8, 4) is 0 Å². The van der Waals surface area contributed by atoms with Crippen molar-refractivity contribution in [1.82, 2.24) is 4.90 Å². The molecule has 1 fully saturated rings. The normalized spacial score (nSPS) is 21.2. The van der Waals surface area contributed by atoms with Crippen molar-refractivity contribution in [3.63, 3.8) is 0 Å². The van der Waals surface area contributed by atoms with Gasteiger partial charge in [0.15, 0.2) is 0 Å². The van der Waals surface area contributed by atoms with Crippen molar-refractivity contribution < 1.29 is 9.84 Å². The predicted molar refractivity (Wildman–Crippen MR) is 66.6 cm³/mol. The number of aliphatic hydroxyl groups is 1. The summed E-state index contributed by atoms with van der Waals surface area (Å²) in [7, 11) is 0. The van der Waals surface area contributed by atoms with Gasteiger partial charge in [0.2, 0.25) is 0 Å². The van der Waals surface area contributed by atoms with Crippen molar-refractivity contribution in [2.75, 3.05) is 26.3 Å². The molecule has 1 N–H and O–H groups in total. The molecule has 3 heteroatoms. The lowest BCUT2D eigenvalue weighted by molar-refractivity contribution is 0.0764. The summed E-state index contributed by atoms with van der Waals surface area (Å²) in [6.45, 7) is 7.53. The summed E-state index contributed by atoms with van der Waals surface area (Å²) in [4.78, 5) is 2.42. The van der Waals surface area contributed by atoms with Gasteiger partial charge in [-0.05, 0) is 32.1 Å². The molecule has 0 aromatic carbocycles. The van der Waals surface area contributed by atoms with Gasteiger partial charge in [0.25, 0.3) is 0 Å². The van der Waals surface area contributed by atoms with E-state index in [9.17, 15) is 0 Å². The number of hydrogen-bond acceptors (Lipinski definition) is 3. The van der Waals surface area contributed by atoms with Gasteiger partial charge in [-0.25, -0.2) is 0 Å². The molecule has 0 radical (unpaired) electrons. The third-order valence-corrected chi connectivity index (χ3v) is 3.61. The van der Waals surface area contributed by atoms with Crippen LogP contribution in [0.2, 0.25) is 0 Å². The maximum Gasteiger partial charge on any atom is 0.0588 e. The maximum atomic E-state index is 9.10. The first-order valence-corrected chi connectivity index (χ1v) is 6.78. The van der Waals surface area contributed by atoms with E-state index >= 15 is 0 Å². The Balaban J connectivity index is 2.30. The fourth-order valence-electron chi connectivity index (χ4n) is 2.59. The first kappa shape index (κ1) is 13.9. The molecular weight excluding hydrogens is 202 g/mol. The zero-order chi connectivity index (χ0) is 11.8. The van der Waals surface area contributed by atoms with E-state index in [1.54, 1.807) is 0 Å². The molecule has 0 bridgehead atoms. The van der Waals surface area contributed by atoms with Crippen LogP contribution in [-0.2, 0) is 4.74 Å². The molecule has 1 aliphatic heterocycles. The molecular formula is C13H27NO2. The minimum atomic E-state index is 0.266. The van der Waals surface area contributed by atoms with Crippen molar-refractivity contribution in [2.24, 2.45) is 0 Å². The summed E-state index contributed by atoms with van der Waals surface area (Å²) in [5, 5.41) is 9.10. The van der Waals surface area contributed by atoms with Crippen molar-refractivity contribution in [3.05, 3.63) is 0 Å². The maximum absolute atomic E-state index is 9.10. The Labute approximate surface area is 99.8 Å². The van der Waals surface area contributed by atoms with Gasteiger partial charge in [-0.15, -0.1) is 0 Å². The molecule has 0 aromatic rings. The highest BCUT2D eigenvalue weighted by Crippen LogP contribution is 2.17. The number of aliphatic hydroxyl groups excluding tert-OH is 1. The second-order valence-electron chi connectivity index (χ2n) is 4.65. The third-order valence-electron chi connectivity index (χ3n) is 3.61. The largest absolute Gasteiger partial charge is 0.395 e. The Morgan fingerprint density at radius 1 is 1.31 bits per heavy atom. The number of hydrogen-bond donors (Lipinski definition) is 1. The van der Waals surface area contributed by atoms with Gasteiger partial charge in [-0.2, -0.15) is 0 Å². The van der Waals surface area contributed by atoms with Gasteiger partial charge < -0.3 is 9.84 Å². The first-order valence-electron chi connectivity index (χ1n) is 6.78. The lowest BCUT2D eigenvalue weighted by atomic mass is 10.1. The molecule has 1 rings (SSSR count). The SMILES string of the molecule is CCC(CC)N(CCO)CCC1CCCO1. The van der Waals surface area contributed by atoms with Crippen LogP contribution in [0.25, 0.3) is 0 Å². The van der Waals surface area contributed by atoms with E-state index in [4.69, 9.17) is 9.84 Å². The fourth-order valence-corrected chi connectivity index (χ4v) is 2.59. The van der Waals surface area contributed by atoms with E-state index in [1.807, 2.05) is 0 Å². The highest BCUT2D eigenvalue weighted by Gasteiger charge is 2.19. The molecule has 0 saturated carbocycles. The van der Waals surface area contributed by atoms with Crippen LogP contribution in [-0.4, -0.2) is 48.5 Å². The molecule has 1 aliphatic rings. The Bertz CT molecular complexity index is 165. The van der Waals surface area contributed by atoms with Crippen molar-refractivity contribution >= 4 is 0 Å². The molecule has 0 aromatic heterocycles. The van der Waals surface area contributed by atoms with Crippen LogP contribution in [0.3, 0.4) is 0 Å². The molecule has 96 valence electrons. The van der Waals surface area contributed by atoms with Crippen LogP contribution in [0.5, 0.6) is 0 Å². The van der Waals surface area contributed by atoms with Crippen LogP contribution in [0, 0.1) is 0 Å². The standard InChI is InChI=1S/C13H27NO2/c1-3-12(4-2)14(9-10-15)8-7-13-6-5-11-16-13/h12-13,15H,3-11H2,1-2H3. The fraction of sp³-hybridized carbons (Fsp3) is 1.00. The summed E-state index contributed by atoms with van der Waals surface area (Å²) in [6, 6.07) is 0.619. The zero-order valence-electron chi connectivity index (χ0n) is 10.8. The topological polar surface area (TPSA) is 32.7 Å². The van der Waals surface area contributed by atoms with Gasteiger partial charge in [-0.3, -0.25) is 4.90 Å². The summed E-state index contributed by atoms with van der Waals surface area (Å²) >= 11 is 0. The minimum absolute atomic E-state index is 0.266. The zero-order valence-corrected chi connectivity index (χ0v) is 10.8. The van der Waals surface area contributed by atoms with E-state index in [0.29, 0.717) is 12.1 Å². The van der Waals surface area contributed by atoms with E-state index < -0.39 is 0 Å². The highest BCUT2D eigenvalue weighted by molar-refractivity contribution is 4.72. The van der Waals surface area contributed by atoms with Crippen LogP contribution in [0.1, 0.15) is 46.0 Å². The Morgan fingerprint density at radius 2 is 2.06 bits per heavy atom. The third kappa shape index (κ3) is 4.40. The molecule has 3 nitrogen and oxygen atoms in total. The molecule has 0 amide bonds. The highest BCUT2D eigenvalue weighted by atomic mass is 16.5. The quantitative estimate of drug-likeness (QED) is 0.691. The Morgan fingerprint density at radius 3 is 2.56 bits per heavy atom. The lowest BCUT2D eigenvalue weighted by Crippen LogP contribution is -2.38. The Kier molecular flexibility index (Phi) is 7.01. The average Bonchev–Trinajstić information content (AvgIpc) is 2.80. The summed E-state index contributed by atoms with van der Waals surface area (Å²) in [5.74, 6) is 0. The van der Waals surface area contributed by atoms with Crippen molar-refractivity contribution in [2.45, 2.75) is 58.1 Å².